The summed E-state index contributed by atoms with van der Waals surface area (Å²) in [5.41, 5.74) is 2.55. The van der Waals surface area contributed by atoms with E-state index in [1.54, 1.807) is 5.57 Å². The zero-order valence-corrected chi connectivity index (χ0v) is 15.6. The highest BCUT2D eigenvalue weighted by atomic mass is 16.2. The molecular formula is C21H38O. The summed E-state index contributed by atoms with van der Waals surface area (Å²) in [6.07, 6.45) is 12.9. The fourth-order valence-electron chi connectivity index (χ4n) is 5.53. The van der Waals surface area contributed by atoms with E-state index in [1.807, 2.05) is 0 Å². The molecule has 0 saturated heterocycles. The van der Waals surface area contributed by atoms with E-state index in [-0.39, 0.29) is 6.61 Å². The fraction of sp³-hybridized carbons (Fsp3) is 0.905. The Hall–Kier alpha value is -0.300. The summed E-state index contributed by atoms with van der Waals surface area (Å²) in [6.45, 7) is 12.4. The van der Waals surface area contributed by atoms with Crippen molar-refractivity contribution in [2.24, 2.45) is 28.6 Å². The van der Waals surface area contributed by atoms with Crippen LogP contribution in [0, 0.1) is 28.6 Å². The summed E-state index contributed by atoms with van der Waals surface area (Å²) in [5.74, 6) is 2.49. The van der Waals surface area contributed by atoms with Gasteiger partial charge in [-0.1, -0.05) is 59.1 Å². The van der Waals surface area contributed by atoms with E-state index in [0.29, 0.717) is 10.8 Å². The minimum absolute atomic E-state index is 0.230. The standard InChI is InChI=1S/C21H38O/c1-16(8-6-13-20(2,3)4)18-10-11-19-17(12-15-22)9-7-14-21(18,19)5/h12,16,18-19,22H,6-11,13-15H2,1-5H3/b17-12+/t16-,18?,19?,21-/m1/s1. The lowest BCUT2D eigenvalue weighted by Crippen LogP contribution is -2.36. The van der Waals surface area contributed by atoms with E-state index in [2.05, 4.69) is 40.7 Å². The van der Waals surface area contributed by atoms with Gasteiger partial charge in [0.1, 0.15) is 0 Å². The molecule has 128 valence electrons. The van der Waals surface area contributed by atoms with Crippen molar-refractivity contribution >= 4 is 0 Å². The number of aliphatic hydroxyl groups excluding tert-OH is 1. The van der Waals surface area contributed by atoms with Crippen molar-refractivity contribution in [1.82, 2.24) is 0 Å². The van der Waals surface area contributed by atoms with Crippen LogP contribution >= 0.6 is 0 Å². The van der Waals surface area contributed by atoms with Gasteiger partial charge in [0.15, 0.2) is 0 Å². The molecule has 2 aliphatic rings. The normalized spacial score (nSPS) is 35.6. The van der Waals surface area contributed by atoms with E-state index >= 15 is 0 Å². The Morgan fingerprint density at radius 3 is 2.68 bits per heavy atom. The maximum atomic E-state index is 9.31. The molecule has 2 fully saturated rings. The summed E-state index contributed by atoms with van der Waals surface area (Å²) in [6, 6.07) is 0. The molecule has 22 heavy (non-hydrogen) atoms. The molecule has 2 aliphatic carbocycles. The molecule has 1 nitrogen and oxygen atoms in total. The Balaban J connectivity index is 1.99. The highest BCUT2D eigenvalue weighted by molar-refractivity contribution is 5.18. The van der Waals surface area contributed by atoms with Crippen LogP contribution in [0.2, 0.25) is 0 Å². The molecule has 0 aromatic rings. The second-order valence-corrected chi connectivity index (χ2v) is 9.49. The minimum atomic E-state index is 0.230. The van der Waals surface area contributed by atoms with Gasteiger partial charge in [0.2, 0.25) is 0 Å². The van der Waals surface area contributed by atoms with E-state index in [9.17, 15) is 5.11 Å². The Morgan fingerprint density at radius 2 is 2.05 bits per heavy atom. The van der Waals surface area contributed by atoms with Crippen molar-refractivity contribution in [3.63, 3.8) is 0 Å². The van der Waals surface area contributed by atoms with Crippen molar-refractivity contribution in [2.45, 2.75) is 86.0 Å². The van der Waals surface area contributed by atoms with Crippen LogP contribution in [-0.2, 0) is 0 Å². The molecule has 1 heteroatoms. The van der Waals surface area contributed by atoms with Gasteiger partial charge in [-0.3, -0.25) is 0 Å². The van der Waals surface area contributed by atoms with Gasteiger partial charge in [0, 0.05) is 0 Å². The molecule has 2 unspecified atom stereocenters. The van der Waals surface area contributed by atoms with E-state index < -0.39 is 0 Å². The number of rotatable bonds is 5. The largest absolute Gasteiger partial charge is 0.392 e. The third-order valence-electron chi connectivity index (χ3n) is 6.66. The zero-order valence-electron chi connectivity index (χ0n) is 15.6. The van der Waals surface area contributed by atoms with E-state index in [1.165, 1.54) is 51.4 Å². The van der Waals surface area contributed by atoms with E-state index in [4.69, 9.17) is 0 Å². The first-order valence-corrected chi connectivity index (χ1v) is 9.58. The molecule has 2 saturated carbocycles. The number of hydrogen-bond donors (Lipinski definition) is 1. The number of hydrogen-bond acceptors (Lipinski definition) is 1. The molecule has 2 rings (SSSR count). The van der Waals surface area contributed by atoms with Crippen LogP contribution in [0.3, 0.4) is 0 Å². The molecule has 0 aromatic heterocycles. The minimum Gasteiger partial charge on any atom is -0.392 e. The molecule has 0 bridgehead atoms. The quantitative estimate of drug-likeness (QED) is 0.620. The molecule has 4 atom stereocenters. The molecule has 1 N–H and O–H groups in total. The number of fused-ring (bicyclic) bond motifs is 1. The maximum Gasteiger partial charge on any atom is 0.0615 e. The first kappa shape index (κ1) is 18.0. The third-order valence-corrected chi connectivity index (χ3v) is 6.66. The summed E-state index contributed by atoms with van der Waals surface area (Å²) >= 11 is 0. The lowest BCUT2D eigenvalue weighted by Gasteiger charge is -2.44. The highest BCUT2D eigenvalue weighted by Gasteiger charge is 2.50. The average molecular weight is 307 g/mol. The van der Waals surface area contributed by atoms with Gasteiger partial charge < -0.3 is 5.11 Å². The summed E-state index contributed by atoms with van der Waals surface area (Å²) in [7, 11) is 0. The Morgan fingerprint density at radius 1 is 1.32 bits per heavy atom. The fourth-order valence-corrected chi connectivity index (χ4v) is 5.53. The summed E-state index contributed by atoms with van der Waals surface area (Å²) in [4.78, 5) is 0. The molecule has 0 radical (unpaired) electrons. The lowest BCUT2D eigenvalue weighted by molar-refractivity contribution is 0.0915. The van der Waals surface area contributed by atoms with Crippen molar-refractivity contribution in [2.75, 3.05) is 6.61 Å². The molecule has 0 aromatic carbocycles. The molecule has 0 heterocycles. The Kier molecular flexibility index (Phi) is 5.80. The van der Waals surface area contributed by atoms with Gasteiger partial charge in [0.25, 0.3) is 0 Å². The Labute approximate surface area is 138 Å². The van der Waals surface area contributed by atoms with Crippen molar-refractivity contribution < 1.29 is 5.11 Å². The van der Waals surface area contributed by atoms with Gasteiger partial charge in [-0.2, -0.15) is 0 Å². The average Bonchev–Trinajstić information content (AvgIpc) is 2.75. The van der Waals surface area contributed by atoms with Crippen LogP contribution in [0.25, 0.3) is 0 Å². The second-order valence-electron chi connectivity index (χ2n) is 9.49. The molecule has 0 aliphatic heterocycles. The SMILES string of the molecule is C[C@H](CCCC(C)(C)C)C1CCC2/C(=C/CO)CCC[C@@]21C. The molecule has 0 spiro atoms. The van der Waals surface area contributed by atoms with Crippen molar-refractivity contribution in [1.29, 1.82) is 0 Å². The van der Waals surface area contributed by atoms with Crippen LogP contribution in [0.5, 0.6) is 0 Å². The zero-order chi connectivity index (χ0) is 16.4. The van der Waals surface area contributed by atoms with Gasteiger partial charge in [-0.15, -0.1) is 0 Å². The Bertz CT molecular complexity index is 389. The van der Waals surface area contributed by atoms with Gasteiger partial charge >= 0.3 is 0 Å². The maximum absolute atomic E-state index is 9.31. The molecular weight excluding hydrogens is 268 g/mol. The predicted octanol–water partition coefficient (Wildman–Crippen LogP) is 5.97. The van der Waals surface area contributed by atoms with Gasteiger partial charge in [0.05, 0.1) is 6.61 Å². The lowest BCUT2D eigenvalue weighted by atomic mass is 9.60. The van der Waals surface area contributed by atoms with Crippen molar-refractivity contribution in [3.8, 4) is 0 Å². The summed E-state index contributed by atoms with van der Waals surface area (Å²) < 4.78 is 0. The monoisotopic (exact) mass is 306 g/mol. The van der Waals surface area contributed by atoms with Crippen LogP contribution in [0.4, 0.5) is 0 Å². The first-order valence-electron chi connectivity index (χ1n) is 9.58. The first-order chi connectivity index (χ1) is 10.3. The third kappa shape index (κ3) is 3.96. The van der Waals surface area contributed by atoms with Gasteiger partial charge in [-0.05, 0) is 67.1 Å². The van der Waals surface area contributed by atoms with Crippen LogP contribution < -0.4 is 0 Å². The smallest absolute Gasteiger partial charge is 0.0615 e. The topological polar surface area (TPSA) is 20.2 Å². The highest BCUT2D eigenvalue weighted by Crippen LogP contribution is 2.59. The number of allylic oxidation sites excluding steroid dienone is 1. The van der Waals surface area contributed by atoms with Crippen molar-refractivity contribution in [3.05, 3.63) is 11.6 Å². The van der Waals surface area contributed by atoms with Crippen LogP contribution in [0.1, 0.15) is 86.0 Å². The van der Waals surface area contributed by atoms with Crippen LogP contribution in [-0.4, -0.2) is 11.7 Å². The van der Waals surface area contributed by atoms with Gasteiger partial charge in [-0.25, -0.2) is 0 Å². The van der Waals surface area contributed by atoms with Crippen LogP contribution in [0.15, 0.2) is 11.6 Å². The predicted molar refractivity (Wildman–Crippen MR) is 95.8 cm³/mol. The molecule has 0 amide bonds. The van der Waals surface area contributed by atoms with E-state index in [0.717, 1.165) is 17.8 Å². The summed E-state index contributed by atoms with van der Waals surface area (Å²) in [5, 5.41) is 9.31. The number of aliphatic hydroxyl groups is 1. The second kappa shape index (κ2) is 7.07.